The Kier molecular flexibility index (Phi) is 9.70. The molecule has 0 aromatic heterocycles. The average Bonchev–Trinajstić information content (AvgIpc) is 3.47. The van der Waals surface area contributed by atoms with Crippen LogP contribution in [0.3, 0.4) is 0 Å². The van der Waals surface area contributed by atoms with Crippen molar-refractivity contribution in [3.8, 4) is 0 Å². The lowest BCUT2D eigenvalue weighted by atomic mass is 9.44. The average molecular weight is 763 g/mol. The largest absolute Gasteiger partial charge is 0.458 e. The number of aliphatic hydroxyl groups is 4. The molecule has 4 aliphatic carbocycles. The molecule has 4 saturated heterocycles. The number of hydrogen-bond donors (Lipinski definition) is 4. The lowest BCUT2D eigenvalue weighted by Crippen LogP contribution is -2.59. The van der Waals surface area contributed by atoms with Gasteiger partial charge in [-0.05, 0) is 95.0 Å². The Morgan fingerprint density at radius 3 is 2.20 bits per heavy atom. The van der Waals surface area contributed by atoms with Gasteiger partial charge in [0.1, 0.15) is 30.0 Å². The van der Waals surface area contributed by atoms with Gasteiger partial charge >= 0.3 is 5.97 Å². The van der Waals surface area contributed by atoms with Crippen molar-refractivity contribution in [3.05, 3.63) is 11.6 Å². The van der Waals surface area contributed by atoms with Crippen molar-refractivity contribution in [2.75, 3.05) is 6.61 Å². The summed E-state index contributed by atoms with van der Waals surface area (Å²) >= 11 is 0. The molecule has 4 saturated carbocycles. The van der Waals surface area contributed by atoms with E-state index in [0.29, 0.717) is 37.5 Å². The highest BCUT2D eigenvalue weighted by atomic mass is 16.7. The number of carbonyl (C=O) groups is 1. The summed E-state index contributed by atoms with van der Waals surface area (Å²) in [7, 11) is 0. The Morgan fingerprint density at radius 1 is 0.741 bits per heavy atom. The normalized spacial score (nSPS) is 56.9. The molecule has 9 rings (SSSR count). The van der Waals surface area contributed by atoms with Crippen molar-refractivity contribution in [2.24, 2.45) is 28.6 Å². The number of cyclic esters (lactones) is 1. The molecule has 4 N–H and O–H groups in total. The monoisotopic (exact) mass is 762 g/mol. The first-order valence-electron chi connectivity index (χ1n) is 20.9. The van der Waals surface area contributed by atoms with E-state index in [1.165, 1.54) is 0 Å². The van der Waals surface area contributed by atoms with Crippen molar-refractivity contribution in [2.45, 2.75) is 203 Å². The number of esters is 1. The number of fused-ring (bicyclic) bond motifs is 2. The van der Waals surface area contributed by atoms with Gasteiger partial charge in [-0.25, -0.2) is 4.79 Å². The minimum atomic E-state index is -0.929. The molecule has 20 atom stereocenters. The zero-order valence-corrected chi connectivity index (χ0v) is 32.5. The van der Waals surface area contributed by atoms with E-state index in [0.717, 1.165) is 50.5 Å². The van der Waals surface area contributed by atoms with Crippen LogP contribution in [0.2, 0.25) is 0 Å². The fourth-order valence-corrected chi connectivity index (χ4v) is 13.3. The van der Waals surface area contributed by atoms with Crippen LogP contribution in [0, 0.1) is 28.6 Å². The summed E-state index contributed by atoms with van der Waals surface area (Å²) in [5.41, 5.74) is 0.254. The Morgan fingerprint density at radius 2 is 1.48 bits per heavy atom. The van der Waals surface area contributed by atoms with Crippen LogP contribution in [0.25, 0.3) is 0 Å². The number of rotatable bonds is 7. The second-order valence-electron chi connectivity index (χ2n) is 18.9. The smallest absolute Gasteiger partial charge is 0.331 e. The van der Waals surface area contributed by atoms with Gasteiger partial charge in [-0.2, -0.15) is 0 Å². The molecular formula is C41H62O13. The van der Waals surface area contributed by atoms with Crippen LogP contribution < -0.4 is 0 Å². The third kappa shape index (κ3) is 5.92. The van der Waals surface area contributed by atoms with E-state index in [1.807, 2.05) is 13.8 Å². The van der Waals surface area contributed by atoms with Gasteiger partial charge in [0, 0.05) is 43.1 Å². The van der Waals surface area contributed by atoms with Gasteiger partial charge in [0.15, 0.2) is 18.9 Å². The standard InChI is InChI=1S/C41H62O13/c1-20-29(52-34-16-26(42)36(46)21(2)49-34)6-7-32(48-20)53-37-22(3)50-33(17-27(37)43)51-25-9-11-38(4)24(15-25)8-13-40-30(38)10-12-39(5)35(23-14-31(45)47-19-23)28(44)18-41(39,40)54-40/h14,20-22,24-30,32-37,42-44,46H,6-13,15-19H2,1-5H3/t20?,21?,22?,24-,25?,26?,27?,28?,29+,30?,32?,33?,34?,35?,36?,37-,38+,39+,40?,41-/m0/s1. The minimum Gasteiger partial charge on any atom is -0.458 e. The van der Waals surface area contributed by atoms with Crippen LogP contribution in [0.4, 0.5) is 0 Å². The van der Waals surface area contributed by atoms with Crippen molar-refractivity contribution in [1.29, 1.82) is 0 Å². The van der Waals surface area contributed by atoms with Crippen LogP contribution in [-0.2, 0) is 42.7 Å². The first kappa shape index (κ1) is 38.3. The van der Waals surface area contributed by atoms with Gasteiger partial charge in [0.05, 0.1) is 48.8 Å². The zero-order chi connectivity index (χ0) is 37.9. The molecule has 2 spiro atoms. The Balaban J connectivity index is 0.770. The van der Waals surface area contributed by atoms with Gasteiger partial charge in [0.25, 0.3) is 0 Å². The summed E-state index contributed by atoms with van der Waals surface area (Å²) in [4.78, 5) is 12.0. The number of hydrogen-bond acceptors (Lipinski definition) is 13. The molecule has 54 heavy (non-hydrogen) atoms. The van der Waals surface area contributed by atoms with Gasteiger partial charge in [-0.3, -0.25) is 0 Å². The summed E-state index contributed by atoms with van der Waals surface area (Å²) in [6, 6.07) is 0. The highest BCUT2D eigenvalue weighted by Crippen LogP contribution is 2.81. The fourth-order valence-electron chi connectivity index (χ4n) is 13.3. The number of carbonyl (C=O) groups excluding carboxylic acids is 1. The quantitative estimate of drug-likeness (QED) is 0.169. The lowest BCUT2D eigenvalue weighted by molar-refractivity contribution is -0.323. The molecule has 0 aromatic carbocycles. The first-order chi connectivity index (χ1) is 25.7. The molecule has 8 fully saturated rings. The number of epoxide rings is 1. The van der Waals surface area contributed by atoms with E-state index < -0.39 is 61.6 Å². The van der Waals surface area contributed by atoms with Crippen LogP contribution in [-0.4, -0.2) is 124 Å². The highest BCUT2D eigenvalue weighted by Gasteiger charge is 2.87. The molecule has 0 bridgehead atoms. The van der Waals surface area contributed by atoms with E-state index in [-0.39, 0.29) is 65.3 Å². The Bertz CT molecular complexity index is 1450. The molecule has 304 valence electrons. The highest BCUT2D eigenvalue weighted by molar-refractivity contribution is 5.85. The summed E-state index contributed by atoms with van der Waals surface area (Å²) in [6.07, 6.45) is 4.23. The van der Waals surface area contributed by atoms with Crippen molar-refractivity contribution < 1.29 is 63.1 Å². The van der Waals surface area contributed by atoms with E-state index in [1.54, 1.807) is 13.0 Å². The molecule has 9 aliphatic rings. The third-order valence-corrected chi connectivity index (χ3v) is 16.1. The van der Waals surface area contributed by atoms with Crippen LogP contribution >= 0.6 is 0 Å². The van der Waals surface area contributed by atoms with Crippen LogP contribution in [0.15, 0.2) is 11.6 Å². The Hall–Kier alpha value is -1.23. The van der Waals surface area contributed by atoms with Gasteiger partial charge in [0.2, 0.25) is 0 Å². The van der Waals surface area contributed by atoms with E-state index >= 15 is 0 Å². The Labute approximate surface area is 318 Å². The molecule has 13 heteroatoms. The molecule has 5 aliphatic heterocycles. The first-order valence-corrected chi connectivity index (χ1v) is 20.9. The summed E-state index contributed by atoms with van der Waals surface area (Å²) < 4.78 is 49.7. The SMILES string of the molecule is CC1OC(O[C@@H]2CCC(O[C@@H]3C(O)CC(OC4CC[C@@]5(C)C6CC[C@]7(C)C(C8=CC(=O)OC8)C(O)C[C@]78OC68CC[C@H]5C4)OC3C)OC2C)CC(O)C1O. The zero-order valence-electron chi connectivity index (χ0n) is 32.5. The maximum Gasteiger partial charge on any atom is 0.331 e. The molecule has 0 aromatic rings. The second-order valence-corrected chi connectivity index (χ2v) is 18.9. The van der Waals surface area contributed by atoms with E-state index in [2.05, 4.69) is 13.8 Å². The number of ether oxygens (including phenoxy) is 8. The van der Waals surface area contributed by atoms with Gasteiger partial charge < -0.3 is 58.3 Å². The van der Waals surface area contributed by atoms with Crippen LogP contribution in [0.1, 0.15) is 112 Å². The third-order valence-electron chi connectivity index (χ3n) is 16.1. The molecule has 0 amide bonds. The fraction of sp³-hybridized carbons (Fsp3) is 0.927. The minimum absolute atomic E-state index is 0.0476. The maximum absolute atomic E-state index is 12.0. The second kappa shape index (κ2) is 13.7. The predicted octanol–water partition coefficient (Wildman–Crippen LogP) is 3.41. The number of aliphatic hydroxyl groups excluding tert-OH is 4. The van der Waals surface area contributed by atoms with Crippen molar-refractivity contribution in [1.82, 2.24) is 0 Å². The molecule has 5 heterocycles. The predicted molar refractivity (Wildman–Crippen MR) is 189 cm³/mol. The van der Waals surface area contributed by atoms with Crippen molar-refractivity contribution >= 4 is 5.97 Å². The van der Waals surface area contributed by atoms with Crippen LogP contribution in [0.5, 0.6) is 0 Å². The van der Waals surface area contributed by atoms with Crippen molar-refractivity contribution in [3.63, 3.8) is 0 Å². The topological polar surface area (TPSA) is 175 Å². The molecule has 13 nitrogen and oxygen atoms in total. The molecule has 0 radical (unpaired) electrons. The maximum atomic E-state index is 12.0. The van der Waals surface area contributed by atoms with E-state index in [4.69, 9.17) is 37.9 Å². The van der Waals surface area contributed by atoms with Gasteiger partial charge in [-0.15, -0.1) is 0 Å². The van der Waals surface area contributed by atoms with Gasteiger partial charge in [-0.1, -0.05) is 13.8 Å². The lowest BCUT2D eigenvalue weighted by Gasteiger charge is -2.58. The summed E-state index contributed by atoms with van der Waals surface area (Å²) in [6.45, 7) is 10.6. The summed E-state index contributed by atoms with van der Waals surface area (Å²) in [5, 5.41) is 42.9. The van der Waals surface area contributed by atoms with E-state index in [9.17, 15) is 25.2 Å². The molecule has 14 unspecified atom stereocenters. The molecular weight excluding hydrogens is 700 g/mol. The summed E-state index contributed by atoms with van der Waals surface area (Å²) in [5.74, 6) is 0.500.